The van der Waals surface area contributed by atoms with Crippen LogP contribution in [0.1, 0.15) is 19.5 Å². The van der Waals surface area contributed by atoms with Gasteiger partial charge in [0.15, 0.2) is 0 Å². The first-order valence-corrected chi connectivity index (χ1v) is 5.26. The van der Waals surface area contributed by atoms with E-state index >= 15 is 0 Å². The van der Waals surface area contributed by atoms with Gasteiger partial charge in [0.1, 0.15) is 11.8 Å². The van der Waals surface area contributed by atoms with Crippen LogP contribution in [-0.2, 0) is 0 Å². The summed E-state index contributed by atoms with van der Waals surface area (Å²) in [6.45, 7) is 5.75. The molecule has 0 aliphatic carbocycles. The summed E-state index contributed by atoms with van der Waals surface area (Å²) in [4.78, 5) is 6.14. The van der Waals surface area contributed by atoms with E-state index in [1.807, 2.05) is 19.2 Å². The average Bonchev–Trinajstić information content (AvgIpc) is 2.28. The molecule has 1 aromatic rings. The molecule has 0 atom stereocenters. The molecule has 1 heterocycles. The zero-order valence-corrected chi connectivity index (χ0v) is 10.1. The Morgan fingerprint density at radius 1 is 1.50 bits per heavy atom. The van der Waals surface area contributed by atoms with Gasteiger partial charge in [-0.2, -0.15) is 5.26 Å². The van der Waals surface area contributed by atoms with Crippen LogP contribution in [0.25, 0.3) is 0 Å². The number of nitrogens with two attached hydrogens (primary N) is 1. The highest BCUT2D eigenvalue weighted by Crippen LogP contribution is 2.19. The highest BCUT2D eigenvalue weighted by atomic mass is 15.1. The van der Waals surface area contributed by atoms with E-state index in [2.05, 4.69) is 23.7 Å². The molecule has 86 valence electrons. The van der Waals surface area contributed by atoms with E-state index in [1.165, 1.54) is 0 Å². The first-order valence-electron chi connectivity index (χ1n) is 5.26. The van der Waals surface area contributed by atoms with Crippen LogP contribution in [0, 0.1) is 16.7 Å². The quantitative estimate of drug-likeness (QED) is 0.829. The van der Waals surface area contributed by atoms with Crippen molar-refractivity contribution in [3.05, 3.63) is 24.0 Å². The summed E-state index contributed by atoms with van der Waals surface area (Å²) >= 11 is 0. The fourth-order valence-electron chi connectivity index (χ4n) is 1.48. The maximum atomic E-state index is 8.65. The molecule has 0 fully saturated rings. The van der Waals surface area contributed by atoms with Crippen molar-refractivity contribution >= 4 is 5.69 Å². The zero-order chi connectivity index (χ0) is 12.2. The second-order valence-corrected chi connectivity index (χ2v) is 4.74. The summed E-state index contributed by atoms with van der Waals surface area (Å²) < 4.78 is 0. The summed E-state index contributed by atoms with van der Waals surface area (Å²) in [7, 11) is 2.00. The van der Waals surface area contributed by atoms with Crippen LogP contribution < -0.4 is 10.6 Å². The van der Waals surface area contributed by atoms with E-state index in [-0.39, 0.29) is 5.41 Å². The molecule has 4 nitrogen and oxygen atoms in total. The molecule has 0 spiro atoms. The Bertz CT molecular complexity index is 375. The van der Waals surface area contributed by atoms with E-state index in [4.69, 9.17) is 11.0 Å². The molecule has 0 aliphatic heterocycles. The van der Waals surface area contributed by atoms with Crippen LogP contribution >= 0.6 is 0 Å². The molecular formula is C12H18N4. The highest BCUT2D eigenvalue weighted by molar-refractivity contribution is 5.45. The number of nitrogens with zero attached hydrogens (tertiary/aromatic N) is 3. The third-order valence-corrected chi connectivity index (χ3v) is 2.52. The van der Waals surface area contributed by atoms with Crippen molar-refractivity contribution in [2.24, 2.45) is 11.1 Å². The number of hydrogen-bond acceptors (Lipinski definition) is 4. The van der Waals surface area contributed by atoms with E-state index in [0.29, 0.717) is 12.2 Å². The number of pyridine rings is 1. The van der Waals surface area contributed by atoms with E-state index in [1.54, 1.807) is 12.3 Å². The van der Waals surface area contributed by atoms with Gasteiger partial charge in [-0.05, 0) is 24.1 Å². The zero-order valence-electron chi connectivity index (χ0n) is 10.1. The Morgan fingerprint density at radius 2 is 2.19 bits per heavy atom. The molecule has 0 saturated heterocycles. The van der Waals surface area contributed by atoms with Crippen LogP contribution in [0.2, 0.25) is 0 Å². The molecule has 1 aromatic heterocycles. The molecule has 1 rings (SSSR count). The molecule has 4 heteroatoms. The molecule has 0 saturated carbocycles. The van der Waals surface area contributed by atoms with Gasteiger partial charge in [-0.25, -0.2) is 4.98 Å². The fourth-order valence-corrected chi connectivity index (χ4v) is 1.48. The maximum Gasteiger partial charge on any atom is 0.140 e. The van der Waals surface area contributed by atoms with Gasteiger partial charge in [0, 0.05) is 13.6 Å². The molecule has 0 unspecified atom stereocenters. The smallest absolute Gasteiger partial charge is 0.140 e. The summed E-state index contributed by atoms with van der Waals surface area (Å²) in [6, 6.07) is 5.63. The number of aromatic nitrogens is 1. The van der Waals surface area contributed by atoms with E-state index in [0.717, 1.165) is 12.2 Å². The second kappa shape index (κ2) is 4.95. The first-order chi connectivity index (χ1) is 7.48. The van der Waals surface area contributed by atoms with Crippen molar-refractivity contribution < 1.29 is 0 Å². The summed E-state index contributed by atoms with van der Waals surface area (Å²) in [6.07, 6.45) is 1.71. The molecule has 0 aromatic carbocycles. The third-order valence-electron chi connectivity index (χ3n) is 2.52. The Kier molecular flexibility index (Phi) is 3.86. The van der Waals surface area contributed by atoms with Gasteiger partial charge in [-0.15, -0.1) is 0 Å². The lowest BCUT2D eigenvalue weighted by atomic mass is 9.93. The predicted molar refractivity (Wildman–Crippen MR) is 65.1 cm³/mol. The Morgan fingerprint density at radius 3 is 2.62 bits per heavy atom. The van der Waals surface area contributed by atoms with Crippen molar-refractivity contribution in [1.82, 2.24) is 4.98 Å². The fraction of sp³-hybridized carbons (Fsp3) is 0.500. The molecule has 0 bridgehead atoms. The monoisotopic (exact) mass is 218 g/mol. The second-order valence-electron chi connectivity index (χ2n) is 4.74. The van der Waals surface area contributed by atoms with Gasteiger partial charge in [0.25, 0.3) is 0 Å². The van der Waals surface area contributed by atoms with Crippen molar-refractivity contribution in [1.29, 1.82) is 5.26 Å². The van der Waals surface area contributed by atoms with Crippen LogP contribution in [0.4, 0.5) is 5.69 Å². The third kappa shape index (κ3) is 3.21. The lowest BCUT2D eigenvalue weighted by Crippen LogP contribution is -2.36. The Labute approximate surface area is 96.7 Å². The topological polar surface area (TPSA) is 65.9 Å². The number of nitriles is 1. The van der Waals surface area contributed by atoms with Gasteiger partial charge >= 0.3 is 0 Å². The maximum absolute atomic E-state index is 8.65. The minimum Gasteiger partial charge on any atom is -0.373 e. The summed E-state index contributed by atoms with van der Waals surface area (Å²) in [5.74, 6) is 0. The standard InChI is InChI=1S/C12H18N4/c1-12(2,8-14)9-16(3)11-5-4-10(6-13)15-7-11/h4-5,7H,8-9,14H2,1-3H3. The van der Waals surface area contributed by atoms with Gasteiger partial charge < -0.3 is 10.6 Å². The first kappa shape index (κ1) is 12.5. The van der Waals surface area contributed by atoms with Crippen molar-refractivity contribution in [2.45, 2.75) is 13.8 Å². The van der Waals surface area contributed by atoms with Crippen molar-refractivity contribution in [2.75, 3.05) is 25.0 Å². The largest absolute Gasteiger partial charge is 0.373 e. The van der Waals surface area contributed by atoms with Gasteiger partial charge in [-0.1, -0.05) is 13.8 Å². The van der Waals surface area contributed by atoms with Crippen LogP contribution in [0.5, 0.6) is 0 Å². The van der Waals surface area contributed by atoms with Gasteiger partial charge in [0.2, 0.25) is 0 Å². The van der Waals surface area contributed by atoms with Crippen molar-refractivity contribution in [3.63, 3.8) is 0 Å². The minimum atomic E-state index is 0.0721. The minimum absolute atomic E-state index is 0.0721. The summed E-state index contributed by atoms with van der Waals surface area (Å²) in [5, 5.41) is 8.65. The molecule has 2 N–H and O–H groups in total. The highest BCUT2D eigenvalue weighted by Gasteiger charge is 2.18. The Balaban J connectivity index is 2.74. The van der Waals surface area contributed by atoms with Crippen LogP contribution in [0.3, 0.4) is 0 Å². The van der Waals surface area contributed by atoms with E-state index < -0.39 is 0 Å². The van der Waals surface area contributed by atoms with Crippen LogP contribution in [-0.4, -0.2) is 25.1 Å². The van der Waals surface area contributed by atoms with E-state index in [9.17, 15) is 0 Å². The average molecular weight is 218 g/mol. The lowest BCUT2D eigenvalue weighted by Gasteiger charge is -2.30. The van der Waals surface area contributed by atoms with Gasteiger partial charge in [-0.3, -0.25) is 0 Å². The SMILES string of the molecule is CN(CC(C)(C)CN)c1ccc(C#N)nc1. The lowest BCUT2D eigenvalue weighted by molar-refractivity contribution is 0.385. The van der Waals surface area contributed by atoms with Gasteiger partial charge in [0.05, 0.1) is 11.9 Å². The normalized spacial score (nSPS) is 10.9. The molecular weight excluding hydrogens is 200 g/mol. The predicted octanol–water partition coefficient (Wildman–Crippen LogP) is 1.37. The molecule has 0 aliphatic rings. The Hall–Kier alpha value is -1.60. The number of anilines is 1. The van der Waals surface area contributed by atoms with Crippen molar-refractivity contribution in [3.8, 4) is 6.07 Å². The molecule has 16 heavy (non-hydrogen) atoms. The number of rotatable bonds is 4. The summed E-state index contributed by atoms with van der Waals surface area (Å²) in [5.41, 5.74) is 7.21. The molecule has 0 radical (unpaired) electrons. The molecule has 0 amide bonds. The van der Waals surface area contributed by atoms with Crippen LogP contribution in [0.15, 0.2) is 18.3 Å². The number of hydrogen-bond donors (Lipinski definition) is 1.